The zero-order chi connectivity index (χ0) is 26.6. The predicted molar refractivity (Wildman–Crippen MR) is 151 cm³/mol. The van der Waals surface area contributed by atoms with Crippen LogP contribution in [0.5, 0.6) is 0 Å². The van der Waals surface area contributed by atoms with E-state index in [1.54, 1.807) is 12.1 Å². The highest BCUT2D eigenvalue weighted by atomic mass is 16.6. The lowest BCUT2D eigenvalue weighted by atomic mass is 9.69. The summed E-state index contributed by atoms with van der Waals surface area (Å²) in [5.41, 5.74) is 6.61. The first-order valence-electron chi connectivity index (χ1n) is 13.4. The molecule has 186 valence electrons. The van der Waals surface area contributed by atoms with Gasteiger partial charge in [-0.1, -0.05) is 54.6 Å². The lowest BCUT2D eigenvalue weighted by molar-refractivity contribution is 0.0390. The smallest absolute Gasteiger partial charge is 0.346 e. The third-order valence-electron chi connectivity index (χ3n) is 9.57. The van der Waals surface area contributed by atoms with Crippen molar-refractivity contribution in [1.29, 1.82) is 0 Å². The minimum atomic E-state index is -0.600. The lowest BCUT2D eigenvalue weighted by Crippen LogP contribution is -2.23. The van der Waals surface area contributed by atoms with Crippen LogP contribution in [0.4, 0.5) is 0 Å². The number of Topliss-reactive ketones (excluding diaryl/α,β-unsaturated/α-hetero) is 2. The number of carbonyl (C=O) groups is 4. The molecule has 6 aromatic carbocycles. The monoisotopic (exact) mass is 516 g/mol. The van der Waals surface area contributed by atoms with Crippen LogP contribution in [0.1, 0.15) is 71.3 Å². The van der Waals surface area contributed by atoms with Crippen LogP contribution < -0.4 is 5.22 Å². The molecule has 1 unspecified atom stereocenters. The Labute approximate surface area is 225 Å². The van der Waals surface area contributed by atoms with Gasteiger partial charge in [0.25, 0.3) is 0 Å². The molecule has 1 heterocycles. The number of carbonyl (C=O) groups excluding carboxylic acids is 4. The zero-order valence-electron chi connectivity index (χ0n) is 20.9. The second kappa shape index (κ2) is 6.52. The average Bonchev–Trinajstić information content (AvgIpc) is 2.97. The maximum Gasteiger partial charge on any atom is 0.346 e. The van der Waals surface area contributed by atoms with Crippen LogP contribution in [0, 0.1) is 0 Å². The summed E-state index contributed by atoms with van der Waals surface area (Å²) in [7, 11) is 0. The minimum absolute atomic E-state index is 0.0659. The number of cyclic esters (lactones) is 2. The van der Waals surface area contributed by atoms with Gasteiger partial charge in [0.05, 0.1) is 17.5 Å². The molecule has 0 saturated heterocycles. The van der Waals surface area contributed by atoms with Crippen LogP contribution in [0.2, 0.25) is 0 Å². The fraction of sp³-hybridized carbons (Fsp3) is 0.0857. The average molecular weight is 517 g/mol. The number of hydrogen-bond donors (Lipinski definition) is 0. The second-order valence-electron chi connectivity index (χ2n) is 11.2. The topological polar surface area (TPSA) is 77.5 Å². The maximum atomic E-state index is 12.8. The normalized spacial score (nSPS) is 18.1. The van der Waals surface area contributed by atoms with E-state index in [0.29, 0.717) is 27.6 Å². The van der Waals surface area contributed by atoms with Crippen molar-refractivity contribution in [3.8, 4) is 11.1 Å². The van der Waals surface area contributed by atoms with E-state index >= 15 is 0 Å². The number of benzene rings is 6. The molecular weight excluding hydrogens is 500 g/mol. The first kappa shape index (κ1) is 20.8. The molecule has 1 atom stereocenters. The highest BCUT2D eigenvalue weighted by Crippen LogP contribution is 2.52. The standard InChI is InChI=1S/C35H16O5/c36-26-13-27(37)23-10-6-19-15-2-4-17-21-8-12-25-33-24(34(38)40-35(25)39)11-7-20(31(21)33)16-3-1-14(28(15)29(16)17)18-5-9-22(26)32(23)30(18)19/h1-3,5-12,17H,4,13H2. The molecule has 0 saturated carbocycles. The first-order valence-corrected chi connectivity index (χ1v) is 13.4. The number of ether oxygens (including phenoxy) is 1. The number of rotatable bonds is 0. The second-order valence-corrected chi connectivity index (χ2v) is 11.2. The van der Waals surface area contributed by atoms with Gasteiger partial charge in [-0.15, -0.1) is 0 Å². The summed E-state index contributed by atoms with van der Waals surface area (Å²) in [6.07, 6.45) is 2.96. The van der Waals surface area contributed by atoms with Gasteiger partial charge >= 0.3 is 11.9 Å². The van der Waals surface area contributed by atoms with Gasteiger partial charge < -0.3 is 4.74 Å². The van der Waals surface area contributed by atoms with Crippen LogP contribution >= 0.6 is 0 Å². The quantitative estimate of drug-likeness (QED) is 0.101. The molecule has 4 aliphatic rings. The molecule has 0 spiro atoms. The lowest BCUT2D eigenvalue weighted by Gasteiger charge is -2.33. The summed E-state index contributed by atoms with van der Waals surface area (Å²) in [5.74, 6) is -1.37. The van der Waals surface area contributed by atoms with Crippen LogP contribution in [0.15, 0.2) is 60.7 Å². The van der Waals surface area contributed by atoms with E-state index < -0.39 is 11.9 Å². The van der Waals surface area contributed by atoms with Gasteiger partial charge in [-0.3, -0.25) is 9.59 Å². The fourth-order valence-electron chi connectivity index (χ4n) is 8.03. The summed E-state index contributed by atoms with van der Waals surface area (Å²) >= 11 is 0. The van der Waals surface area contributed by atoms with Crippen molar-refractivity contribution in [2.75, 3.05) is 0 Å². The molecule has 10 rings (SSSR count). The Morgan fingerprint density at radius 3 is 1.85 bits per heavy atom. The SMILES string of the molecule is O=C1OC(=O)c2ccc3c4c(ccc1c24)-c1ccc2c4c1C3CC=c4c1ccc3c4c(ccc2c41)C(=O)CC3=O. The Hall–Kier alpha value is -5.16. The van der Waals surface area contributed by atoms with E-state index in [9.17, 15) is 19.2 Å². The van der Waals surface area contributed by atoms with E-state index in [4.69, 9.17) is 4.74 Å². The highest BCUT2D eigenvalue weighted by molar-refractivity contribution is 6.35. The first-order chi connectivity index (χ1) is 19.5. The van der Waals surface area contributed by atoms with Gasteiger partial charge in [0.2, 0.25) is 0 Å². The number of esters is 2. The van der Waals surface area contributed by atoms with Crippen molar-refractivity contribution in [2.24, 2.45) is 0 Å². The molecule has 0 N–H and O–H groups in total. The number of ketones is 2. The molecule has 0 amide bonds. The largest absolute Gasteiger partial charge is 0.386 e. The third-order valence-corrected chi connectivity index (χ3v) is 9.57. The number of hydrogen-bond acceptors (Lipinski definition) is 5. The van der Waals surface area contributed by atoms with Crippen LogP contribution in [-0.2, 0) is 4.74 Å². The van der Waals surface area contributed by atoms with Crippen molar-refractivity contribution in [3.63, 3.8) is 0 Å². The third kappa shape index (κ3) is 2.14. The van der Waals surface area contributed by atoms with Gasteiger partial charge in [0.15, 0.2) is 11.6 Å². The molecule has 5 nitrogen and oxygen atoms in total. The van der Waals surface area contributed by atoms with E-state index in [-0.39, 0.29) is 23.9 Å². The summed E-state index contributed by atoms with van der Waals surface area (Å²) in [5, 5.41) is 8.94. The van der Waals surface area contributed by atoms with Crippen molar-refractivity contribution in [2.45, 2.75) is 18.8 Å². The van der Waals surface area contributed by atoms with Gasteiger partial charge in [-0.2, -0.15) is 0 Å². The van der Waals surface area contributed by atoms with Crippen molar-refractivity contribution in [3.05, 3.63) is 99.3 Å². The Morgan fingerprint density at radius 2 is 1.10 bits per heavy atom. The fourth-order valence-corrected chi connectivity index (χ4v) is 8.03. The summed E-state index contributed by atoms with van der Waals surface area (Å²) in [6, 6.07) is 19.7. The highest BCUT2D eigenvalue weighted by Gasteiger charge is 2.37. The van der Waals surface area contributed by atoms with E-state index in [1.807, 2.05) is 36.4 Å². The van der Waals surface area contributed by atoms with Gasteiger partial charge in [0.1, 0.15) is 0 Å². The molecule has 40 heavy (non-hydrogen) atoms. The molecule has 6 aromatic rings. The molecular formula is C35H16O5. The maximum absolute atomic E-state index is 12.8. The Balaban J connectivity index is 1.39. The minimum Gasteiger partial charge on any atom is -0.386 e. The molecule has 5 heteroatoms. The van der Waals surface area contributed by atoms with Crippen molar-refractivity contribution in [1.82, 2.24) is 0 Å². The van der Waals surface area contributed by atoms with Crippen molar-refractivity contribution >= 4 is 72.7 Å². The molecule has 0 radical (unpaired) electrons. The summed E-state index contributed by atoms with van der Waals surface area (Å²) in [4.78, 5) is 51.0. The van der Waals surface area contributed by atoms with Crippen molar-refractivity contribution < 1.29 is 23.9 Å². The van der Waals surface area contributed by atoms with Crippen LogP contribution in [-0.4, -0.2) is 23.5 Å². The molecule has 0 fully saturated rings. The molecule has 1 aliphatic heterocycles. The molecule has 3 aliphatic carbocycles. The predicted octanol–water partition coefficient (Wildman–Crippen LogP) is 6.39. The van der Waals surface area contributed by atoms with Crippen LogP contribution in [0.3, 0.4) is 0 Å². The Bertz CT molecular complexity index is 2390. The van der Waals surface area contributed by atoms with E-state index in [2.05, 4.69) is 18.2 Å². The van der Waals surface area contributed by atoms with E-state index in [1.165, 1.54) is 10.9 Å². The molecule has 0 aromatic heterocycles. The van der Waals surface area contributed by atoms with E-state index in [0.717, 1.165) is 60.6 Å². The Morgan fingerprint density at radius 1 is 0.525 bits per heavy atom. The number of fused-ring (bicyclic) bond motifs is 4. The molecule has 0 bridgehead atoms. The zero-order valence-corrected chi connectivity index (χ0v) is 20.9. The van der Waals surface area contributed by atoms with Gasteiger partial charge in [-0.05, 0) is 78.3 Å². The Kier molecular flexibility index (Phi) is 3.38. The summed E-state index contributed by atoms with van der Waals surface area (Å²) in [6.45, 7) is 0. The van der Waals surface area contributed by atoms with Crippen LogP contribution in [0.25, 0.3) is 60.3 Å². The van der Waals surface area contributed by atoms with Gasteiger partial charge in [-0.25, -0.2) is 9.59 Å². The van der Waals surface area contributed by atoms with Gasteiger partial charge in [0, 0.05) is 27.8 Å². The summed E-state index contributed by atoms with van der Waals surface area (Å²) < 4.78 is 5.01.